The molecule has 0 atom stereocenters. The van der Waals surface area contributed by atoms with E-state index in [1.807, 2.05) is 0 Å². The number of pyridine rings is 1. The molecule has 0 saturated carbocycles. The summed E-state index contributed by atoms with van der Waals surface area (Å²) in [6.45, 7) is 0. The lowest BCUT2D eigenvalue weighted by Crippen LogP contribution is -2.10. The third kappa shape index (κ3) is 1.66. The second-order valence-corrected chi connectivity index (χ2v) is 2.36. The highest BCUT2D eigenvalue weighted by molar-refractivity contribution is 6.30. The van der Waals surface area contributed by atoms with Crippen molar-refractivity contribution in [2.45, 2.75) is 6.18 Å². The SMILES string of the molecule is Fc1c(Cl)ccnc1C(F)(F)F. The molecule has 0 N–H and O–H groups in total. The number of aromatic nitrogens is 1. The molecule has 0 radical (unpaired) electrons. The van der Waals surface area contributed by atoms with E-state index in [1.165, 1.54) is 0 Å². The van der Waals surface area contributed by atoms with Gasteiger partial charge in [-0.05, 0) is 6.07 Å². The molecule has 1 nitrogen and oxygen atoms in total. The molecule has 0 unspecified atom stereocenters. The van der Waals surface area contributed by atoms with Crippen molar-refractivity contribution in [2.75, 3.05) is 0 Å². The molecule has 1 aromatic rings. The molecule has 0 saturated heterocycles. The highest BCUT2D eigenvalue weighted by atomic mass is 35.5. The van der Waals surface area contributed by atoms with Crippen molar-refractivity contribution in [1.29, 1.82) is 0 Å². The largest absolute Gasteiger partial charge is 0.436 e. The molecule has 0 aromatic carbocycles. The van der Waals surface area contributed by atoms with Crippen molar-refractivity contribution in [3.63, 3.8) is 0 Å². The second kappa shape index (κ2) is 2.90. The average molecular weight is 200 g/mol. The minimum atomic E-state index is -4.80. The molecule has 6 heteroatoms. The number of hydrogen-bond acceptors (Lipinski definition) is 1. The Morgan fingerprint density at radius 1 is 1.33 bits per heavy atom. The summed E-state index contributed by atoms with van der Waals surface area (Å²) in [4.78, 5) is 2.83. The summed E-state index contributed by atoms with van der Waals surface area (Å²) >= 11 is 5.10. The molecule has 12 heavy (non-hydrogen) atoms. The molecule has 66 valence electrons. The van der Waals surface area contributed by atoms with Gasteiger partial charge in [-0.15, -0.1) is 0 Å². The Bertz CT molecular complexity index is 296. The van der Waals surface area contributed by atoms with E-state index >= 15 is 0 Å². The van der Waals surface area contributed by atoms with E-state index in [9.17, 15) is 17.6 Å². The Hall–Kier alpha value is -0.840. The smallest absolute Gasteiger partial charge is 0.249 e. The summed E-state index contributed by atoms with van der Waals surface area (Å²) in [5, 5.41) is -0.586. The van der Waals surface area contributed by atoms with Crippen LogP contribution in [-0.4, -0.2) is 4.98 Å². The highest BCUT2D eigenvalue weighted by Crippen LogP contribution is 2.31. The van der Waals surface area contributed by atoms with Gasteiger partial charge < -0.3 is 0 Å². The zero-order valence-electron chi connectivity index (χ0n) is 5.49. The third-order valence-electron chi connectivity index (χ3n) is 1.11. The van der Waals surface area contributed by atoms with Gasteiger partial charge in [-0.3, -0.25) is 0 Å². The van der Waals surface area contributed by atoms with Crippen molar-refractivity contribution in [3.8, 4) is 0 Å². The summed E-state index contributed by atoms with van der Waals surface area (Å²) < 4.78 is 48.2. The van der Waals surface area contributed by atoms with Gasteiger partial charge in [0.15, 0.2) is 11.5 Å². The number of hydrogen-bond donors (Lipinski definition) is 0. The van der Waals surface area contributed by atoms with E-state index < -0.39 is 22.7 Å². The first kappa shape index (κ1) is 9.25. The van der Waals surface area contributed by atoms with Gasteiger partial charge >= 0.3 is 6.18 Å². The molecular weight excluding hydrogens is 198 g/mol. The maximum Gasteiger partial charge on any atom is 0.436 e. The first-order valence-corrected chi connectivity index (χ1v) is 3.18. The lowest BCUT2D eigenvalue weighted by Gasteiger charge is -2.06. The lowest BCUT2D eigenvalue weighted by atomic mass is 10.3. The molecular formula is C6H2ClF4N. The standard InChI is InChI=1S/C6H2ClF4N/c7-3-1-2-12-5(4(3)8)6(9,10)11/h1-2H. The molecule has 0 bridgehead atoms. The van der Waals surface area contributed by atoms with E-state index in [1.54, 1.807) is 0 Å². The van der Waals surface area contributed by atoms with Crippen LogP contribution in [0.3, 0.4) is 0 Å². The highest BCUT2D eigenvalue weighted by Gasteiger charge is 2.36. The summed E-state index contributed by atoms with van der Waals surface area (Å²) in [7, 11) is 0. The average Bonchev–Trinajstić information content (AvgIpc) is 1.92. The van der Waals surface area contributed by atoms with Gasteiger partial charge in [0.1, 0.15) is 0 Å². The molecule has 1 rings (SSSR count). The van der Waals surface area contributed by atoms with Gasteiger partial charge in [0, 0.05) is 6.20 Å². The van der Waals surface area contributed by atoms with Crippen LogP contribution in [0.15, 0.2) is 12.3 Å². The fraction of sp³-hybridized carbons (Fsp3) is 0.167. The topological polar surface area (TPSA) is 12.9 Å². The molecule has 0 aliphatic rings. The predicted molar refractivity (Wildman–Crippen MR) is 34.2 cm³/mol. The quantitative estimate of drug-likeness (QED) is 0.586. The summed E-state index contributed by atoms with van der Waals surface area (Å²) in [5.74, 6) is -1.54. The van der Waals surface area contributed by atoms with Crippen LogP contribution in [0.5, 0.6) is 0 Å². The van der Waals surface area contributed by atoms with Gasteiger partial charge in [-0.25, -0.2) is 9.37 Å². The maximum atomic E-state index is 12.6. The Labute approximate surface area is 70.0 Å². The normalized spacial score (nSPS) is 11.8. The van der Waals surface area contributed by atoms with Crippen LogP contribution in [0.1, 0.15) is 5.69 Å². The minimum Gasteiger partial charge on any atom is -0.249 e. The molecule has 0 fully saturated rings. The van der Waals surface area contributed by atoms with Crippen LogP contribution in [0.2, 0.25) is 5.02 Å². The monoisotopic (exact) mass is 199 g/mol. The van der Waals surface area contributed by atoms with Crippen LogP contribution < -0.4 is 0 Å². The number of alkyl halides is 3. The van der Waals surface area contributed by atoms with Crippen molar-refractivity contribution in [3.05, 3.63) is 28.8 Å². The zero-order valence-corrected chi connectivity index (χ0v) is 6.25. The van der Waals surface area contributed by atoms with Crippen molar-refractivity contribution < 1.29 is 17.6 Å². The number of nitrogens with zero attached hydrogens (tertiary/aromatic N) is 1. The first-order valence-electron chi connectivity index (χ1n) is 2.80. The zero-order chi connectivity index (χ0) is 9.35. The maximum absolute atomic E-state index is 12.6. The Morgan fingerprint density at radius 2 is 1.92 bits per heavy atom. The fourth-order valence-electron chi connectivity index (χ4n) is 0.618. The number of halogens is 5. The van der Waals surface area contributed by atoms with Crippen molar-refractivity contribution in [2.24, 2.45) is 0 Å². The number of rotatable bonds is 0. The van der Waals surface area contributed by atoms with Gasteiger partial charge in [0.05, 0.1) is 5.02 Å². The van der Waals surface area contributed by atoms with Gasteiger partial charge in [-0.1, -0.05) is 11.6 Å². The van der Waals surface area contributed by atoms with Crippen LogP contribution in [-0.2, 0) is 6.18 Å². The Balaban J connectivity index is 3.26. The summed E-state index contributed by atoms with van der Waals surface area (Å²) in [6.07, 6.45) is -4.00. The molecule has 1 heterocycles. The van der Waals surface area contributed by atoms with Crippen LogP contribution in [0, 0.1) is 5.82 Å². The van der Waals surface area contributed by atoms with Gasteiger partial charge in [-0.2, -0.15) is 13.2 Å². The molecule has 0 aliphatic heterocycles. The second-order valence-electron chi connectivity index (χ2n) is 1.95. The van der Waals surface area contributed by atoms with E-state index in [-0.39, 0.29) is 0 Å². The summed E-state index contributed by atoms with van der Waals surface area (Å²) in [5.41, 5.74) is -1.59. The van der Waals surface area contributed by atoms with Crippen molar-refractivity contribution in [1.82, 2.24) is 4.98 Å². The van der Waals surface area contributed by atoms with Crippen LogP contribution in [0.4, 0.5) is 17.6 Å². The minimum absolute atomic E-state index is 0.586. The van der Waals surface area contributed by atoms with E-state index in [0.29, 0.717) is 0 Å². The van der Waals surface area contributed by atoms with E-state index in [4.69, 9.17) is 11.6 Å². The van der Waals surface area contributed by atoms with E-state index in [2.05, 4.69) is 4.98 Å². The lowest BCUT2D eigenvalue weighted by molar-refractivity contribution is -0.143. The molecule has 0 aliphatic carbocycles. The molecule has 0 spiro atoms. The molecule has 1 aromatic heterocycles. The van der Waals surface area contributed by atoms with Gasteiger partial charge in [0.25, 0.3) is 0 Å². The predicted octanol–water partition coefficient (Wildman–Crippen LogP) is 2.89. The Morgan fingerprint density at radius 3 is 2.33 bits per heavy atom. The Kier molecular flexibility index (Phi) is 2.23. The van der Waals surface area contributed by atoms with Gasteiger partial charge in [0.2, 0.25) is 0 Å². The van der Waals surface area contributed by atoms with Crippen LogP contribution >= 0.6 is 11.6 Å². The third-order valence-corrected chi connectivity index (χ3v) is 1.40. The molecule has 0 amide bonds. The van der Waals surface area contributed by atoms with Crippen LogP contribution in [0.25, 0.3) is 0 Å². The van der Waals surface area contributed by atoms with Crippen molar-refractivity contribution >= 4 is 11.6 Å². The van der Waals surface area contributed by atoms with E-state index in [0.717, 1.165) is 12.3 Å². The fourth-order valence-corrected chi connectivity index (χ4v) is 0.764. The first-order chi connectivity index (χ1) is 5.43. The summed E-state index contributed by atoms with van der Waals surface area (Å²) in [6, 6.07) is 0.951.